The molecule has 1 aromatic heterocycles. The second kappa shape index (κ2) is 4.00. The van der Waals surface area contributed by atoms with Gasteiger partial charge in [-0.05, 0) is 19.4 Å². The van der Waals surface area contributed by atoms with E-state index < -0.39 is 11.7 Å². The average Bonchev–Trinajstić information content (AvgIpc) is 2.15. The molecule has 15 heavy (non-hydrogen) atoms. The molecule has 5 heteroatoms. The molecule has 0 aliphatic rings. The van der Waals surface area contributed by atoms with Gasteiger partial charge in [0.25, 0.3) is 0 Å². The van der Waals surface area contributed by atoms with Gasteiger partial charge in [0.2, 0.25) is 0 Å². The molecule has 0 saturated heterocycles. The predicted octanol–water partition coefficient (Wildman–Crippen LogP) is 2.78. The molecule has 1 aromatic rings. The van der Waals surface area contributed by atoms with E-state index in [1.54, 1.807) is 6.92 Å². The van der Waals surface area contributed by atoms with Crippen LogP contribution in [0.1, 0.15) is 34.2 Å². The highest BCUT2D eigenvalue weighted by atomic mass is 19.4. The standard InChI is InChI=1S/C10H10F3NO/c1-3-9-7(5-15)8(10(11,12)13)4-6(2)14-9/h4-5H,3H2,1-2H3. The summed E-state index contributed by atoms with van der Waals surface area (Å²) >= 11 is 0. The Morgan fingerprint density at radius 2 is 2.07 bits per heavy atom. The van der Waals surface area contributed by atoms with Crippen LogP contribution in [0.25, 0.3) is 0 Å². The number of halogens is 3. The van der Waals surface area contributed by atoms with E-state index in [2.05, 4.69) is 4.98 Å². The fraction of sp³-hybridized carbons (Fsp3) is 0.400. The predicted molar refractivity (Wildman–Crippen MR) is 48.7 cm³/mol. The van der Waals surface area contributed by atoms with Gasteiger partial charge < -0.3 is 0 Å². The molecule has 2 nitrogen and oxygen atoms in total. The van der Waals surface area contributed by atoms with E-state index in [1.807, 2.05) is 0 Å². The summed E-state index contributed by atoms with van der Waals surface area (Å²) in [4.78, 5) is 14.5. The molecule has 0 fully saturated rings. The normalized spacial score (nSPS) is 11.5. The monoisotopic (exact) mass is 217 g/mol. The first kappa shape index (κ1) is 11.7. The zero-order valence-electron chi connectivity index (χ0n) is 8.35. The highest BCUT2D eigenvalue weighted by Gasteiger charge is 2.34. The quantitative estimate of drug-likeness (QED) is 0.713. The number of nitrogens with zero attached hydrogens (tertiary/aromatic N) is 1. The summed E-state index contributed by atoms with van der Waals surface area (Å²) in [6.45, 7) is 3.14. The largest absolute Gasteiger partial charge is 0.417 e. The van der Waals surface area contributed by atoms with Crippen molar-refractivity contribution in [1.29, 1.82) is 0 Å². The number of carbonyl (C=O) groups is 1. The second-order valence-corrected chi connectivity index (χ2v) is 3.14. The number of hydrogen-bond acceptors (Lipinski definition) is 2. The first-order chi connectivity index (χ1) is 6.90. The number of carbonyl (C=O) groups excluding carboxylic acids is 1. The molecular formula is C10H10F3NO. The number of aryl methyl sites for hydroxylation is 2. The van der Waals surface area contributed by atoms with Crippen LogP contribution in [0.3, 0.4) is 0 Å². The van der Waals surface area contributed by atoms with Crippen molar-refractivity contribution in [3.05, 3.63) is 28.6 Å². The van der Waals surface area contributed by atoms with E-state index in [0.717, 1.165) is 6.07 Å². The van der Waals surface area contributed by atoms with Crippen LogP contribution in [0.5, 0.6) is 0 Å². The third-order valence-corrected chi connectivity index (χ3v) is 2.02. The summed E-state index contributed by atoms with van der Waals surface area (Å²) in [6, 6.07) is 0.892. The minimum absolute atomic E-state index is 0.192. The van der Waals surface area contributed by atoms with E-state index in [9.17, 15) is 18.0 Å². The Hall–Kier alpha value is -1.39. The molecule has 0 aliphatic carbocycles. The third-order valence-electron chi connectivity index (χ3n) is 2.02. The molecule has 0 atom stereocenters. The first-order valence-electron chi connectivity index (χ1n) is 4.43. The Balaban J connectivity index is 3.49. The number of alkyl halides is 3. The van der Waals surface area contributed by atoms with E-state index in [1.165, 1.54) is 6.92 Å². The maximum atomic E-state index is 12.5. The van der Waals surface area contributed by atoms with Gasteiger partial charge in [-0.3, -0.25) is 9.78 Å². The van der Waals surface area contributed by atoms with E-state index >= 15 is 0 Å². The Morgan fingerprint density at radius 1 is 1.47 bits per heavy atom. The Morgan fingerprint density at radius 3 is 2.47 bits per heavy atom. The summed E-state index contributed by atoms with van der Waals surface area (Å²) in [6.07, 6.45) is -3.99. The van der Waals surface area contributed by atoms with Crippen molar-refractivity contribution in [2.24, 2.45) is 0 Å². The highest BCUT2D eigenvalue weighted by molar-refractivity contribution is 5.79. The molecule has 0 spiro atoms. The van der Waals surface area contributed by atoms with Crippen LogP contribution in [-0.2, 0) is 12.6 Å². The Labute approximate surface area is 85.1 Å². The maximum absolute atomic E-state index is 12.5. The molecule has 0 radical (unpaired) electrons. The lowest BCUT2D eigenvalue weighted by Crippen LogP contribution is -2.13. The number of aldehydes is 1. The maximum Gasteiger partial charge on any atom is 0.417 e. The SMILES string of the molecule is CCc1nc(C)cc(C(F)(F)F)c1C=O. The summed E-state index contributed by atoms with van der Waals surface area (Å²) < 4.78 is 37.6. The van der Waals surface area contributed by atoms with Crippen molar-refractivity contribution in [2.45, 2.75) is 26.4 Å². The van der Waals surface area contributed by atoms with Crippen molar-refractivity contribution in [2.75, 3.05) is 0 Å². The minimum Gasteiger partial charge on any atom is -0.298 e. The number of aromatic nitrogens is 1. The summed E-state index contributed by atoms with van der Waals surface area (Å²) in [7, 11) is 0. The van der Waals surface area contributed by atoms with Gasteiger partial charge >= 0.3 is 6.18 Å². The van der Waals surface area contributed by atoms with Crippen molar-refractivity contribution in [1.82, 2.24) is 4.98 Å². The summed E-state index contributed by atoms with van der Waals surface area (Å²) in [5.74, 6) is 0. The molecule has 0 amide bonds. The summed E-state index contributed by atoms with van der Waals surface area (Å²) in [5, 5.41) is 0. The molecule has 0 saturated carbocycles. The zero-order chi connectivity index (χ0) is 11.6. The van der Waals surface area contributed by atoms with E-state index in [0.29, 0.717) is 6.42 Å². The third kappa shape index (κ3) is 2.34. The smallest absolute Gasteiger partial charge is 0.298 e. The lowest BCUT2D eigenvalue weighted by Gasteiger charge is -2.12. The van der Waals surface area contributed by atoms with Crippen LogP contribution >= 0.6 is 0 Å². The molecule has 1 rings (SSSR count). The van der Waals surface area contributed by atoms with Crippen LogP contribution in [0.15, 0.2) is 6.07 Å². The topological polar surface area (TPSA) is 30.0 Å². The minimum atomic E-state index is -4.51. The molecular weight excluding hydrogens is 207 g/mol. The number of rotatable bonds is 2. The van der Waals surface area contributed by atoms with Gasteiger partial charge in [-0.1, -0.05) is 6.92 Å². The number of pyridine rings is 1. The van der Waals surface area contributed by atoms with Crippen LogP contribution in [0, 0.1) is 6.92 Å². The van der Waals surface area contributed by atoms with Gasteiger partial charge in [-0.25, -0.2) is 0 Å². The van der Waals surface area contributed by atoms with Crippen molar-refractivity contribution in [3.8, 4) is 0 Å². The molecule has 0 unspecified atom stereocenters. The molecule has 0 aromatic carbocycles. The Kier molecular flexibility index (Phi) is 3.12. The van der Waals surface area contributed by atoms with Crippen LogP contribution in [0.2, 0.25) is 0 Å². The molecule has 0 N–H and O–H groups in total. The van der Waals surface area contributed by atoms with Crippen LogP contribution in [-0.4, -0.2) is 11.3 Å². The van der Waals surface area contributed by atoms with Gasteiger partial charge in [0.15, 0.2) is 6.29 Å². The second-order valence-electron chi connectivity index (χ2n) is 3.14. The highest BCUT2D eigenvalue weighted by Crippen LogP contribution is 2.32. The van der Waals surface area contributed by atoms with Crippen molar-refractivity contribution in [3.63, 3.8) is 0 Å². The molecule has 82 valence electrons. The number of hydrogen-bond donors (Lipinski definition) is 0. The van der Waals surface area contributed by atoms with Crippen molar-refractivity contribution < 1.29 is 18.0 Å². The van der Waals surface area contributed by atoms with E-state index in [-0.39, 0.29) is 23.2 Å². The fourth-order valence-electron chi connectivity index (χ4n) is 1.38. The van der Waals surface area contributed by atoms with Gasteiger partial charge in [0, 0.05) is 11.3 Å². The Bertz CT molecular complexity index is 385. The zero-order valence-corrected chi connectivity index (χ0v) is 8.35. The summed E-state index contributed by atoms with van der Waals surface area (Å²) in [5.41, 5.74) is -0.792. The van der Waals surface area contributed by atoms with E-state index in [4.69, 9.17) is 0 Å². The van der Waals surface area contributed by atoms with Gasteiger partial charge in [-0.2, -0.15) is 13.2 Å². The van der Waals surface area contributed by atoms with Crippen LogP contribution in [0.4, 0.5) is 13.2 Å². The first-order valence-corrected chi connectivity index (χ1v) is 4.43. The van der Waals surface area contributed by atoms with Crippen molar-refractivity contribution >= 4 is 6.29 Å². The van der Waals surface area contributed by atoms with Gasteiger partial charge in [0.05, 0.1) is 11.3 Å². The fourth-order valence-corrected chi connectivity index (χ4v) is 1.38. The van der Waals surface area contributed by atoms with Crippen LogP contribution < -0.4 is 0 Å². The molecule has 0 bridgehead atoms. The van der Waals surface area contributed by atoms with Gasteiger partial charge in [-0.15, -0.1) is 0 Å². The average molecular weight is 217 g/mol. The lowest BCUT2D eigenvalue weighted by molar-refractivity contribution is -0.138. The van der Waals surface area contributed by atoms with Gasteiger partial charge in [0.1, 0.15) is 0 Å². The molecule has 0 aliphatic heterocycles. The lowest BCUT2D eigenvalue weighted by atomic mass is 10.0. The molecule has 1 heterocycles.